The van der Waals surface area contributed by atoms with Gasteiger partial charge in [0.2, 0.25) is 0 Å². The number of hydrogen-bond acceptors (Lipinski definition) is 3. The van der Waals surface area contributed by atoms with Crippen molar-refractivity contribution in [2.75, 3.05) is 4.31 Å². The number of nitrogens with zero attached hydrogens (tertiary/aromatic N) is 1. The third-order valence-electron chi connectivity index (χ3n) is 4.64. The average Bonchev–Trinajstić information content (AvgIpc) is 2.74. The van der Waals surface area contributed by atoms with E-state index in [2.05, 4.69) is 13.2 Å². The number of amides is 1. The van der Waals surface area contributed by atoms with Crippen LogP contribution >= 0.6 is 11.6 Å². The maximum absolute atomic E-state index is 14.4. The molecule has 0 fully saturated rings. The Morgan fingerprint density at radius 3 is 2.29 bits per heavy atom. The van der Waals surface area contributed by atoms with Gasteiger partial charge in [0, 0.05) is 16.1 Å². The van der Waals surface area contributed by atoms with Gasteiger partial charge in [-0.3, -0.25) is 4.79 Å². The molecule has 3 rings (SSSR count). The van der Waals surface area contributed by atoms with Crippen molar-refractivity contribution in [3.63, 3.8) is 0 Å². The maximum atomic E-state index is 14.4. The van der Waals surface area contributed by atoms with E-state index in [0.29, 0.717) is 4.31 Å². The van der Waals surface area contributed by atoms with Crippen LogP contribution in [-0.2, 0) is 14.8 Å². The van der Waals surface area contributed by atoms with Crippen molar-refractivity contribution in [3.05, 3.63) is 113 Å². The number of anilines is 1. The highest BCUT2D eigenvalue weighted by Crippen LogP contribution is 2.36. The monoisotopic (exact) mass is 455 g/mol. The molecule has 158 valence electrons. The molecule has 0 aliphatic rings. The minimum atomic E-state index is -4.31. The highest BCUT2D eigenvalue weighted by atomic mass is 35.5. The molecular formula is C24H19ClFNO3S. The second kappa shape index (κ2) is 8.88. The molecule has 0 bridgehead atoms. The molecule has 31 heavy (non-hydrogen) atoms. The molecule has 0 aliphatic heterocycles. The van der Waals surface area contributed by atoms with E-state index < -0.39 is 21.7 Å². The molecule has 0 radical (unpaired) electrons. The van der Waals surface area contributed by atoms with Gasteiger partial charge in [-0.05, 0) is 55.0 Å². The Morgan fingerprint density at radius 2 is 1.68 bits per heavy atom. The lowest BCUT2D eigenvalue weighted by atomic mass is 9.97. The fraction of sp³-hybridized carbons (Fsp3) is 0.0417. The number of carbonyl (C=O) groups excluding carboxylic acids is 1. The molecule has 3 aromatic carbocycles. The van der Waals surface area contributed by atoms with E-state index in [0.717, 1.165) is 11.6 Å². The molecule has 0 spiro atoms. The van der Waals surface area contributed by atoms with Crippen LogP contribution in [0.2, 0.25) is 5.02 Å². The van der Waals surface area contributed by atoms with Crippen LogP contribution in [0.1, 0.15) is 16.7 Å². The van der Waals surface area contributed by atoms with Gasteiger partial charge in [0.1, 0.15) is 5.82 Å². The molecule has 0 saturated heterocycles. The van der Waals surface area contributed by atoms with Crippen LogP contribution in [0.5, 0.6) is 0 Å². The van der Waals surface area contributed by atoms with Crippen LogP contribution in [0.25, 0.3) is 5.57 Å². The van der Waals surface area contributed by atoms with Crippen LogP contribution in [0, 0.1) is 12.7 Å². The van der Waals surface area contributed by atoms with Crippen molar-refractivity contribution >= 4 is 38.8 Å². The van der Waals surface area contributed by atoms with E-state index in [-0.39, 0.29) is 32.3 Å². The van der Waals surface area contributed by atoms with Crippen LogP contribution < -0.4 is 4.31 Å². The Kier molecular flexibility index (Phi) is 6.43. The Hall–Kier alpha value is -3.22. The van der Waals surface area contributed by atoms with Gasteiger partial charge in [-0.15, -0.1) is 0 Å². The van der Waals surface area contributed by atoms with Crippen LogP contribution in [0.3, 0.4) is 0 Å². The standard InChI is InChI=1S/C24H19ClFNO3S/c1-4-24(28)27(31(29,30)19-12-9-16(2)10-13-19)23-14-11-18(25)15-21(23)17(3)20-7-5-6-8-22(20)26/h4-15H,1,3H2,2H3. The van der Waals surface area contributed by atoms with Gasteiger partial charge < -0.3 is 0 Å². The van der Waals surface area contributed by atoms with Gasteiger partial charge in [0.15, 0.2) is 0 Å². The van der Waals surface area contributed by atoms with Crippen molar-refractivity contribution in [2.45, 2.75) is 11.8 Å². The topological polar surface area (TPSA) is 54.5 Å². The Morgan fingerprint density at radius 1 is 1.03 bits per heavy atom. The van der Waals surface area contributed by atoms with E-state index in [4.69, 9.17) is 11.6 Å². The lowest BCUT2D eigenvalue weighted by molar-refractivity contribution is -0.113. The number of aryl methyl sites for hydroxylation is 1. The van der Waals surface area contributed by atoms with Crippen LogP contribution in [0.4, 0.5) is 10.1 Å². The third-order valence-corrected chi connectivity index (χ3v) is 6.60. The smallest absolute Gasteiger partial charge is 0.268 e. The highest BCUT2D eigenvalue weighted by Gasteiger charge is 2.32. The number of carbonyl (C=O) groups is 1. The zero-order valence-corrected chi connectivity index (χ0v) is 18.3. The van der Waals surface area contributed by atoms with Gasteiger partial charge >= 0.3 is 0 Å². The summed E-state index contributed by atoms with van der Waals surface area (Å²) in [6.45, 7) is 9.18. The lowest BCUT2D eigenvalue weighted by Gasteiger charge is -2.25. The van der Waals surface area contributed by atoms with E-state index >= 15 is 0 Å². The van der Waals surface area contributed by atoms with Crippen molar-refractivity contribution in [3.8, 4) is 0 Å². The summed E-state index contributed by atoms with van der Waals surface area (Å²) in [6.07, 6.45) is 0.899. The number of benzene rings is 3. The largest absolute Gasteiger partial charge is 0.271 e. The lowest BCUT2D eigenvalue weighted by Crippen LogP contribution is -2.36. The molecule has 0 heterocycles. The molecule has 0 aliphatic carbocycles. The summed E-state index contributed by atoms with van der Waals surface area (Å²) < 4.78 is 41.9. The fourth-order valence-electron chi connectivity index (χ4n) is 3.04. The van der Waals surface area contributed by atoms with Crippen molar-refractivity contribution < 1.29 is 17.6 Å². The van der Waals surface area contributed by atoms with E-state index in [1.54, 1.807) is 18.2 Å². The molecule has 4 nitrogen and oxygen atoms in total. The summed E-state index contributed by atoms with van der Waals surface area (Å²) >= 11 is 6.15. The zero-order chi connectivity index (χ0) is 22.8. The van der Waals surface area contributed by atoms with Crippen LogP contribution in [0.15, 0.2) is 90.9 Å². The first-order chi connectivity index (χ1) is 14.7. The van der Waals surface area contributed by atoms with Gasteiger partial charge in [0.25, 0.3) is 15.9 Å². The number of rotatable bonds is 6. The highest BCUT2D eigenvalue weighted by molar-refractivity contribution is 7.93. The summed E-state index contributed by atoms with van der Waals surface area (Å²) in [5.74, 6) is -1.41. The molecule has 3 aromatic rings. The predicted molar refractivity (Wildman–Crippen MR) is 122 cm³/mol. The molecule has 0 unspecified atom stereocenters. The van der Waals surface area contributed by atoms with Gasteiger partial charge in [0.05, 0.1) is 10.6 Å². The Labute approximate surface area is 186 Å². The molecular weight excluding hydrogens is 437 g/mol. The SMILES string of the molecule is C=CC(=O)N(c1ccc(Cl)cc1C(=C)c1ccccc1F)S(=O)(=O)c1ccc(C)cc1. The van der Waals surface area contributed by atoms with E-state index in [1.807, 2.05) is 6.92 Å². The third kappa shape index (κ3) is 4.45. The zero-order valence-electron chi connectivity index (χ0n) is 16.7. The number of hydrogen-bond donors (Lipinski definition) is 0. The predicted octanol–water partition coefficient (Wildman–Crippen LogP) is 5.76. The second-order valence-corrected chi connectivity index (χ2v) is 8.97. The minimum absolute atomic E-state index is 0.0110. The molecule has 7 heteroatoms. The molecule has 0 aromatic heterocycles. The Bertz CT molecular complexity index is 1280. The first-order valence-corrected chi connectivity index (χ1v) is 11.0. The summed E-state index contributed by atoms with van der Waals surface area (Å²) in [5, 5.41) is 0.273. The van der Waals surface area contributed by atoms with Crippen molar-refractivity contribution in [1.82, 2.24) is 0 Å². The Balaban J connectivity index is 2.25. The molecule has 0 saturated carbocycles. The number of halogens is 2. The number of sulfonamides is 1. The minimum Gasteiger partial charge on any atom is -0.268 e. The maximum Gasteiger partial charge on any atom is 0.271 e. The van der Waals surface area contributed by atoms with Gasteiger partial charge in [-0.25, -0.2) is 12.8 Å². The first kappa shape index (κ1) is 22.5. The second-order valence-electron chi connectivity index (χ2n) is 6.74. The van der Waals surface area contributed by atoms with Gasteiger partial charge in [-0.2, -0.15) is 4.31 Å². The summed E-state index contributed by atoms with van der Waals surface area (Å²) in [7, 11) is -4.31. The molecule has 1 amide bonds. The van der Waals surface area contributed by atoms with Crippen molar-refractivity contribution in [2.24, 2.45) is 0 Å². The molecule has 0 atom stereocenters. The quantitative estimate of drug-likeness (QED) is 0.444. The van der Waals surface area contributed by atoms with Gasteiger partial charge in [-0.1, -0.05) is 60.7 Å². The summed E-state index contributed by atoms with van der Waals surface area (Å²) in [5.41, 5.74) is 1.38. The van der Waals surface area contributed by atoms with Crippen LogP contribution in [-0.4, -0.2) is 14.3 Å². The first-order valence-electron chi connectivity index (χ1n) is 9.19. The van der Waals surface area contributed by atoms with Crippen molar-refractivity contribution in [1.29, 1.82) is 0 Å². The fourth-order valence-corrected chi connectivity index (χ4v) is 4.64. The normalized spacial score (nSPS) is 11.1. The van der Waals surface area contributed by atoms with E-state index in [1.165, 1.54) is 48.5 Å². The summed E-state index contributed by atoms with van der Waals surface area (Å²) in [4.78, 5) is 12.7. The van der Waals surface area contributed by atoms with E-state index in [9.17, 15) is 17.6 Å². The average molecular weight is 456 g/mol. The molecule has 0 N–H and O–H groups in total. The summed E-state index contributed by atoms with van der Waals surface area (Å²) in [6, 6.07) is 16.3.